The van der Waals surface area contributed by atoms with Gasteiger partial charge in [-0.3, -0.25) is 14.9 Å². The van der Waals surface area contributed by atoms with Gasteiger partial charge >= 0.3 is 6.03 Å². The predicted molar refractivity (Wildman–Crippen MR) is 119 cm³/mol. The molecular formula is C23H17ClN2O4S. The first kappa shape index (κ1) is 21.0. The maximum Gasteiger partial charge on any atom is 0.335 e. The maximum atomic E-state index is 13.0. The lowest BCUT2D eigenvalue weighted by Gasteiger charge is -2.26. The first-order chi connectivity index (χ1) is 14.8. The van der Waals surface area contributed by atoms with Crippen molar-refractivity contribution < 1.29 is 18.8 Å². The Labute approximate surface area is 187 Å². The minimum absolute atomic E-state index is 0.184. The van der Waals surface area contributed by atoms with Crippen LogP contribution in [0.3, 0.4) is 0 Å². The van der Waals surface area contributed by atoms with Gasteiger partial charge in [-0.2, -0.15) is 0 Å². The molecule has 4 rings (SSSR count). The first-order valence-electron chi connectivity index (χ1n) is 9.33. The van der Waals surface area contributed by atoms with Crippen LogP contribution in [0.15, 0.2) is 74.6 Å². The van der Waals surface area contributed by atoms with Crippen LogP contribution in [0.5, 0.6) is 0 Å². The molecule has 0 unspecified atom stereocenters. The van der Waals surface area contributed by atoms with Crippen LogP contribution in [0.4, 0.5) is 10.5 Å². The molecule has 8 heteroatoms. The summed E-state index contributed by atoms with van der Waals surface area (Å²) in [5.41, 5.74) is 2.01. The largest absolute Gasteiger partial charge is 0.450 e. The standard InChI is InChI=1S/C23H17ClN2O4S/c1-13-9-14(2)11-16(10-13)26-22(28)19(21(27)25-23(26)29)12-17-5-8-20(30-17)31-18-6-3-15(24)4-7-18/h3-12H,1-2H3,(H,25,27,29)/b19-12+. The SMILES string of the molecule is Cc1cc(C)cc(N2C(=O)NC(=O)/C(=C\c3ccc(Sc4ccc(Cl)cc4)o3)C2=O)c1. The summed E-state index contributed by atoms with van der Waals surface area (Å²) in [5, 5.41) is 3.44. The van der Waals surface area contributed by atoms with Crippen LogP contribution in [0, 0.1) is 13.8 Å². The molecule has 6 nitrogen and oxygen atoms in total. The highest BCUT2D eigenvalue weighted by molar-refractivity contribution is 7.99. The molecule has 0 bridgehead atoms. The number of rotatable bonds is 4. The summed E-state index contributed by atoms with van der Waals surface area (Å²) < 4.78 is 5.74. The van der Waals surface area contributed by atoms with Gasteiger partial charge in [-0.1, -0.05) is 29.4 Å². The van der Waals surface area contributed by atoms with Gasteiger partial charge in [0, 0.05) is 9.92 Å². The third-order valence-corrected chi connectivity index (χ3v) is 5.67. The molecule has 3 aromatic rings. The van der Waals surface area contributed by atoms with Gasteiger partial charge in [0.15, 0.2) is 5.09 Å². The number of urea groups is 1. The summed E-state index contributed by atoms with van der Waals surface area (Å²) in [6.45, 7) is 3.74. The lowest BCUT2D eigenvalue weighted by Crippen LogP contribution is -2.54. The second-order valence-corrected chi connectivity index (χ2v) is 8.53. The van der Waals surface area contributed by atoms with Crippen LogP contribution in [0.1, 0.15) is 16.9 Å². The molecule has 1 fully saturated rings. The van der Waals surface area contributed by atoms with Crippen LogP contribution in [0.25, 0.3) is 6.08 Å². The van der Waals surface area contributed by atoms with E-state index in [0.717, 1.165) is 20.9 Å². The Morgan fingerprint density at radius 1 is 0.968 bits per heavy atom. The van der Waals surface area contributed by atoms with E-state index in [0.29, 0.717) is 21.6 Å². The van der Waals surface area contributed by atoms with Crippen molar-refractivity contribution in [1.82, 2.24) is 5.32 Å². The number of barbiturate groups is 1. The number of hydrogen-bond acceptors (Lipinski definition) is 5. The van der Waals surface area contributed by atoms with Crippen molar-refractivity contribution in [2.75, 3.05) is 4.90 Å². The number of halogens is 1. The Morgan fingerprint density at radius 3 is 2.32 bits per heavy atom. The van der Waals surface area contributed by atoms with E-state index in [1.807, 2.05) is 32.0 Å². The van der Waals surface area contributed by atoms with Crippen molar-refractivity contribution in [1.29, 1.82) is 0 Å². The lowest BCUT2D eigenvalue weighted by molar-refractivity contribution is -0.122. The van der Waals surface area contributed by atoms with Crippen LogP contribution in [0.2, 0.25) is 5.02 Å². The minimum atomic E-state index is -0.782. The Kier molecular flexibility index (Phi) is 5.71. The van der Waals surface area contributed by atoms with Crippen molar-refractivity contribution in [3.8, 4) is 0 Å². The fourth-order valence-electron chi connectivity index (χ4n) is 3.20. The molecule has 1 aliphatic rings. The number of amides is 4. The summed E-state index contributed by atoms with van der Waals surface area (Å²) in [5.74, 6) is -1.15. The average molecular weight is 453 g/mol. The molecule has 2 heterocycles. The van der Waals surface area contributed by atoms with Gasteiger partial charge in [-0.05, 0) is 79.6 Å². The smallest absolute Gasteiger partial charge is 0.335 e. The molecule has 31 heavy (non-hydrogen) atoms. The molecule has 4 amide bonds. The molecular weight excluding hydrogens is 436 g/mol. The van der Waals surface area contributed by atoms with E-state index in [1.54, 1.807) is 36.4 Å². The van der Waals surface area contributed by atoms with Crippen molar-refractivity contribution in [2.24, 2.45) is 0 Å². The molecule has 1 aliphatic heterocycles. The molecule has 1 N–H and O–H groups in total. The van der Waals surface area contributed by atoms with E-state index in [2.05, 4.69) is 5.32 Å². The molecule has 0 saturated carbocycles. The molecule has 0 aliphatic carbocycles. The second kappa shape index (κ2) is 8.45. The van der Waals surface area contributed by atoms with Crippen molar-refractivity contribution in [3.05, 3.63) is 82.1 Å². The number of hydrogen-bond donors (Lipinski definition) is 1. The highest BCUT2D eigenvalue weighted by Crippen LogP contribution is 2.31. The van der Waals surface area contributed by atoms with E-state index in [4.69, 9.17) is 16.0 Å². The summed E-state index contributed by atoms with van der Waals surface area (Å²) >= 11 is 7.28. The summed E-state index contributed by atoms with van der Waals surface area (Å²) in [4.78, 5) is 39.6. The number of aryl methyl sites for hydroxylation is 2. The number of anilines is 1. The van der Waals surface area contributed by atoms with E-state index in [-0.39, 0.29) is 5.57 Å². The molecule has 0 radical (unpaired) electrons. The summed E-state index contributed by atoms with van der Waals surface area (Å²) in [6, 6.07) is 15.2. The van der Waals surface area contributed by atoms with Crippen LogP contribution in [-0.2, 0) is 9.59 Å². The second-order valence-electron chi connectivity index (χ2n) is 7.02. The molecule has 0 atom stereocenters. The zero-order valence-electron chi connectivity index (χ0n) is 16.6. The summed E-state index contributed by atoms with van der Waals surface area (Å²) in [6.07, 6.45) is 1.34. The van der Waals surface area contributed by atoms with E-state index in [9.17, 15) is 14.4 Å². The number of nitrogens with zero attached hydrogens (tertiary/aromatic N) is 1. The number of benzene rings is 2. The van der Waals surface area contributed by atoms with Gasteiger partial charge in [-0.15, -0.1) is 0 Å². The first-order valence-corrected chi connectivity index (χ1v) is 10.5. The highest BCUT2D eigenvalue weighted by Gasteiger charge is 2.37. The van der Waals surface area contributed by atoms with E-state index < -0.39 is 17.8 Å². The number of furan rings is 1. The monoisotopic (exact) mass is 452 g/mol. The molecule has 2 aromatic carbocycles. The van der Waals surface area contributed by atoms with Gasteiger partial charge in [0.1, 0.15) is 11.3 Å². The number of carbonyl (C=O) groups excluding carboxylic acids is 3. The quantitative estimate of drug-likeness (QED) is 0.425. The van der Waals surface area contributed by atoms with Gasteiger partial charge in [0.05, 0.1) is 5.69 Å². The van der Waals surface area contributed by atoms with E-state index >= 15 is 0 Å². The highest BCUT2D eigenvalue weighted by atomic mass is 35.5. The van der Waals surface area contributed by atoms with Gasteiger partial charge in [0.2, 0.25) is 0 Å². The normalized spacial score (nSPS) is 15.5. The van der Waals surface area contributed by atoms with Crippen LogP contribution < -0.4 is 10.2 Å². The fourth-order valence-corrected chi connectivity index (χ4v) is 4.10. The molecule has 156 valence electrons. The number of nitrogens with one attached hydrogen (secondary N) is 1. The third-order valence-electron chi connectivity index (χ3n) is 4.49. The van der Waals surface area contributed by atoms with Crippen molar-refractivity contribution in [2.45, 2.75) is 23.8 Å². The Hall–Kier alpha value is -3.29. The maximum absolute atomic E-state index is 13.0. The van der Waals surface area contributed by atoms with Gasteiger partial charge in [-0.25, -0.2) is 9.69 Å². The fraction of sp³-hybridized carbons (Fsp3) is 0.0870. The van der Waals surface area contributed by atoms with Crippen molar-refractivity contribution >= 4 is 53.0 Å². The van der Waals surface area contributed by atoms with E-state index in [1.165, 1.54) is 17.8 Å². The van der Waals surface area contributed by atoms with Crippen LogP contribution in [-0.4, -0.2) is 17.8 Å². The van der Waals surface area contributed by atoms with Gasteiger partial charge < -0.3 is 4.42 Å². The zero-order valence-corrected chi connectivity index (χ0v) is 18.2. The van der Waals surface area contributed by atoms with Crippen molar-refractivity contribution in [3.63, 3.8) is 0 Å². The third kappa shape index (κ3) is 4.57. The lowest BCUT2D eigenvalue weighted by atomic mass is 10.1. The minimum Gasteiger partial charge on any atom is -0.450 e. The molecule has 0 spiro atoms. The molecule has 1 aromatic heterocycles. The average Bonchev–Trinajstić information content (AvgIpc) is 3.13. The number of carbonyl (C=O) groups is 3. The topological polar surface area (TPSA) is 79.6 Å². The number of imide groups is 2. The Bertz CT molecular complexity index is 1210. The van der Waals surface area contributed by atoms with Crippen LogP contribution >= 0.6 is 23.4 Å². The Morgan fingerprint density at radius 2 is 1.65 bits per heavy atom. The van der Waals surface area contributed by atoms with Gasteiger partial charge in [0.25, 0.3) is 11.8 Å². The summed E-state index contributed by atoms with van der Waals surface area (Å²) in [7, 11) is 0. The zero-order chi connectivity index (χ0) is 22.1. The molecule has 1 saturated heterocycles. The predicted octanol–water partition coefficient (Wildman–Crippen LogP) is 5.37. The Balaban J connectivity index is 1.61.